The van der Waals surface area contributed by atoms with E-state index in [9.17, 15) is 9.59 Å². The molecule has 1 saturated heterocycles. The fraction of sp³-hybridized carbons (Fsp3) is 0.176. The standard InChI is InChI=1S/C17H13NO4S/c19-15(18-7-9-23-16(18)14-6-3-8-21-14)12-10-11-4-1-2-5-13(11)22-17(12)20/h1-6,8,10,16H,7,9H2/t16-/m0/s1. The Hall–Kier alpha value is -2.47. The maximum absolute atomic E-state index is 12.8. The summed E-state index contributed by atoms with van der Waals surface area (Å²) in [4.78, 5) is 26.7. The van der Waals surface area contributed by atoms with Gasteiger partial charge in [-0.1, -0.05) is 18.2 Å². The minimum Gasteiger partial charge on any atom is -0.466 e. The average molecular weight is 327 g/mol. The van der Waals surface area contributed by atoms with Gasteiger partial charge in [0.2, 0.25) is 0 Å². The second-order valence-corrected chi connectivity index (χ2v) is 6.41. The van der Waals surface area contributed by atoms with Crippen LogP contribution in [0.2, 0.25) is 0 Å². The number of nitrogens with zero attached hydrogens (tertiary/aromatic N) is 1. The molecule has 6 heteroatoms. The summed E-state index contributed by atoms with van der Waals surface area (Å²) in [7, 11) is 0. The summed E-state index contributed by atoms with van der Waals surface area (Å²) in [6.45, 7) is 0.571. The summed E-state index contributed by atoms with van der Waals surface area (Å²) in [5.41, 5.74) is -0.0704. The molecule has 5 nitrogen and oxygen atoms in total. The number of benzene rings is 1. The van der Waals surface area contributed by atoms with Crippen LogP contribution in [0.4, 0.5) is 0 Å². The van der Waals surface area contributed by atoms with Crippen LogP contribution in [-0.4, -0.2) is 23.1 Å². The average Bonchev–Trinajstić information content (AvgIpc) is 3.24. The highest BCUT2D eigenvalue weighted by molar-refractivity contribution is 7.99. The second-order valence-electron chi connectivity index (χ2n) is 5.22. The van der Waals surface area contributed by atoms with E-state index in [1.807, 2.05) is 18.2 Å². The van der Waals surface area contributed by atoms with Crippen molar-refractivity contribution in [1.29, 1.82) is 0 Å². The Morgan fingerprint density at radius 1 is 1.22 bits per heavy atom. The quantitative estimate of drug-likeness (QED) is 0.676. The van der Waals surface area contributed by atoms with Gasteiger partial charge in [0.1, 0.15) is 22.3 Å². The lowest BCUT2D eigenvalue weighted by Gasteiger charge is -2.21. The van der Waals surface area contributed by atoms with E-state index in [0.29, 0.717) is 17.9 Å². The number of carbonyl (C=O) groups is 1. The largest absolute Gasteiger partial charge is 0.466 e. The van der Waals surface area contributed by atoms with Crippen molar-refractivity contribution in [3.05, 3.63) is 70.5 Å². The normalized spacial score (nSPS) is 17.7. The zero-order chi connectivity index (χ0) is 15.8. The topological polar surface area (TPSA) is 63.7 Å². The van der Waals surface area contributed by atoms with E-state index in [2.05, 4.69) is 0 Å². The van der Waals surface area contributed by atoms with Gasteiger partial charge in [0.05, 0.1) is 6.26 Å². The van der Waals surface area contributed by atoms with Crippen LogP contribution < -0.4 is 5.63 Å². The van der Waals surface area contributed by atoms with E-state index in [1.54, 1.807) is 47.2 Å². The SMILES string of the molecule is O=C(c1cc2ccccc2oc1=O)N1CCS[C@H]1c1ccco1. The van der Waals surface area contributed by atoms with Crippen LogP contribution in [0.3, 0.4) is 0 Å². The molecule has 0 spiro atoms. The predicted octanol–water partition coefficient (Wildman–Crippen LogP) is 3.27. The van der Waals surface area contributed by atoms with Crippen LogP contribution in [0.1, 0.15) is 21.5 Å². The van der Waals surface area contributed by atoms with E-state index in [-0.39, 0.29) is 16.8 Å². The third kappa shape index (κ3) is 2.45. The highest BCUT2D eigenvalue weighted by Gasteiger charge is 2.34. The molecule has 23 heavy (non-hydrogen) atoms. The van der Waals surface area contributed by atoms with Gasteiger partial charge in [-0.3, -0.25) is 4.79 Å². The van der Waals surface area contributed by atoms with Crippen molar-refractivity contribution in [2.45, 2.75) is 5.37 Å². The number of hydrogen-bond acceptors (Lipinski definition) is 5. The van der Waals surface area contributed by atoms with Gasteiger partial charge in [0.25, 0.3) is 5.91 Å². The molecule has 116 valence electrons. The summed E-state index contributed by atoms with van der Waals surface area (Å²) >= 11 is 1.62. The first-order valence-corrected chi connectivity index (χ1v) is 8.28. The van der Waals surface area contributed by atoms with E-state index >= 15 is 0 Å². The number of carbonyl (C=O) groups excluding carboxylic acids is 1. The molecule has 0 aliphatic carbocycles. The van der Waals surface area contributed by atoms with Crippen molar-refractivity contribution in [2.24, 2.45) is 0 Å². The molecule has 1 amide bonds. The minimum atomic E-state index is -0.608. The van der Waals surface area contributed by atoms with Crippen molar-refractivity contribution in [3.63, 3.8) is 0 Å². The van der Waals surface area contributed by atoms with Crippen molar-refractivity contribution in [3.8, 4) is 0 Å². The number of fused-ring (bicyclic) bond motifs is 1. The lowest BCUT2D eigenvalue weighted by atomic mass is 10.1. The van der Waals surface area contributed by atoms with Crippen LogP contribution in [0.25, 0.3) is 11.0 Å². The molecule has 4 rings (SSSR count). The Labute approximate surface area is 135 Å². The Morgan fingerprint density at radius 2 is 2.09 bits per heavy atom. The minimum absolute atomic E-state index is 0.0581. The Morgan fingerprint density at radius 3 is 2.91 bits per heavy atom. The number of amides is 1. The Kier molecular flexibility index (Phi) is 3.46. The maximum Gasteiger partial charge on any atom is 0.349 e. The van der Waals surface area contributed by atoms with E-state index in [4.69, 9.17) is 8.83 Å². The zero-order valence-electron chi connectivity index (χ0n) is 12.1. The first kappa shape index (κ1) is 14.1. The molecule has 0 radical (unpaired) electrons. The summed E-state index contributed by atoms with van der Waals surface area (Å²) in [5, 5.41) is 0.528. The summed E-state index contributed by atoms with van der Waals surface area (Å²) in [6, 6.07) is 12.4. The van der Waals surface area contributed by atoms with Gasteiger partial charge in [-0.05, 0) is 24.3 Å². The van der Waals surface area contributed by atoms with E-state index in [1.165, 1.54) is 0 Å². The molecule has 1 fully saturated rings. The Bertz CT molecular complexity index is 916. The summed E-state index contributed by atoms with van der Waals surface area (Å²) < 4.78 is 10.7. The molecule has 0 N–H and O–H groups in total. The van der Waals surface area contributed by atoms with Crippen molar-refractivity contribution in [1.82, 2.24) is 4.90 Å². The maximum atomic E-state index is 12.8. The molecule has 1 atom stereocenters. The van der Waals surface area contributed by atoms with Gasteiger partial charge in [-0.25, -0.2) is 4.79 Å². The van der Waals surface area contributed by atoms with Crippen LogP contribution in [0, 0.1) is 0 Å². The lowest BCUT2D eigenvalue weighted by molar-refractivity contribution is 0.0745. The van der Waals surface area contributed by atoms with E-state index < -0.39 is 5.63 Å². The third-order valence-electron chi connectivity index (χ3n) is 3.81. The van der Waals surface area contributed by atoms with Crippen LogP contribution in [0.5, 0.6) is 0 Å². The van der Waals surface area contributed by atoms with Gasteiger partial charge < -0.3 is 13.7 Å². The smallest absolute Gasteiger partial charge is 0.349 e. The van der Waals surface area contributed by atoms with Gasteiger partial charge in [0.15, 0.2) is 0 Å². The first-order valence-electron chi connectivity index (χ1n) is 7.23. The van der Waals surface area contributed by atoms with Crippen molar-refractivity contribution in [2.75, 3.05) is 12.3 Å². The molecule has 1 aliphatic heterocycles. The van der Waals surface area contributed by atoms with Gasteiger partial charge in [-0.15, -0.1) is 11.8 Å². The number of para-hydroxylation sites is 1. The van der Waals surface area contributed by atoms with Crippen molar-refractivity contribution < 1.29 is 13.6 Å². The highest BCUT2D eigenvalue weighted by Crippen LogP contribution is 2.38. The van der Waals surface area contributed by atoms with E-state index in [0.717, 1.165) is 11.1 Å². The lowest BCUT2D eigenvalue weighted by Crippen LogP contribution is -2.33. The second kappa shape index (κ2) is 5.62. The van der Waals surface area contributed by atoms with Gasteiger partial charge in [-0.2, -0.15) is 0 Å². The van der Waals surface area contributed by atoms with Gasteiger partial charge >= 0.3 is 5.63 Å². The van der Waals surface area contributed by atoms with Crippen LogP contribution in [-0.2, 0) is 0 Å². The summed E-state index contributed by atoms with van der Waals surface area (Å²) in [5.74, 6) is 1.19. The van der Waals surface area contributed by atoms with Crippen molar-refractivity contribution >= 4 is 28.6 Å². The first-order chi connectivity index (χ1) is 11.2. The zero-order valence-corrected chi connectivity index (χ0v) is 12.9. The molecule has 1 aliphatic rings. The number of furan rings is 1. The summed E-state index contributed by atoms with van der Waals surface area (Å²) in [6.07, 6.45) is 1.58. The number of thioether (sulfide) groups is 1. The molecule has 3 aromatic rings. The third-order valence-corrected chi connectivity index (χ3v) is 5.03. The molecular weight excluding hydrogens is 314 g/mol. The Balaban J connectivity index is 1.74. The fourth-order valence-electron chi connectivity index (χ4n) is 2.71. The van der Waals surface area contributed by atoms with Crippen LogP contribution >= 0.6 is 11.8 Å². The van der Waals surface area contributed by atoms with Gasteiger partial charge in [0, 0.05) is 17.7 Å². The fourth-order valence-corrected chi connectivity index (χ4v) is 3.92. The molecule has 2 aromatic heterocycles. The predicted molar refractivity (Wildman–Crippen MR) is 87.4 cm³/mol. The molecule has 3 heterocycles. The molecule has 0 saturated carbocycles. The monoisotopic (exact) mass is 327 g/mol. The highest BCUT2D eigenvalue weighted by atomic mass is 32.2. The number of hydrogen-bond donors (Lipinski definition) is 0. The van der Waals surface area contributed by atoms with Crippen LogP contribution in [0.15, 0.2) is 62.4 Å². The molecular formula is C17H13NO4S. The molecule has 0 bridgehead atoms. The molecule has 0 unspecified atom stereocenters. The molecule has 1 aromatic carbocycles. The number of rotatable bonds is 2.